The first-order chi connectivity index (χ1) is 8.97. The maximum absolute atomic E-state index is 12.1. The number of rotatable bonds is 3. The summed E-state index contributed by atoms with van der Waals surface area (Å²) in [5.41, 5.74) is 1.37. The summed E-state index contributed by atoms with van der Waals surface area (Å²) in [6.07, 6.45) is 0. The second kappa shape index (κ2) is 4.92. The predicted octanol–water partition coefficient (Wildman–Crippen LogP) is 3.33. The molecule has 0 saturated carbocycles. The minimum atomic E-state index is -0.590. The Bertz CT molecular complexity index is 538. The van der Waals surface area contributed by atoms with E-state index in [0.717, 1.165) is 5.56 Å². The number of hydrogen-bond donors (Lipinski definition) is 0. The van der Waals surface area contributed by atoms with Gasteiger partial charge in [-0.25, -0.2) is 4.79 Å². The Kier molecular flexibility index (Phi) is 3.47. The summed E-state index contributed by atoms with van der Waals surface area (Å²) in [7, 11) is 0. The lowest BCUT2D eigenvalue weighted by molar-refractivity contribution is -0.138. The van der Waals surface area contributed by atoms with E-state index in [-0.39, 0.29) is 5.97 Å². The molecule has 1 aliphatic heterocycles. The molecule has 3 nitrogen and oxygen atoms in total. The molecule has 0 atom stereocenters. The van der Waals surface area contributed by atoms with Crippen LogP contribution in [0.25, 0.3) is 5.76 Å². The number of ether oxygens (including phenoxy) is 2. The number of benzene rings is 1. The molecule has 0 aromatic heterocycles. The third kappa shape index (κ3) is 2.41. The van der Waals surface area contributed by atoms with Gasteiger partial charge < -0.3 is 9.47 Å². The van der Waals surface area contributed by atoms with Crippen LogP contribution in [0.15, 0.2) is 48.1 Å². The first-order valence-corrected chi connectivity index (χ1v) is 6.33. The summed E-state index contributed by atoms with van der Waals surface area (Å²) in [6.45, 7) is 9.88. The smallest absolute Gasteiger partial charge is 0.342 e. The van der Waals surface area contributed by atoms with Crippen LogP contribution in [0.1, 0.15) is 26.3 Å². The van der Waals surface area contributed by atoms with Gasteiger partial charge in [0.1, 0.15) is 16.9 Å². The van der Waals surface area contributed by atoms with E-state index in [4.69, 9.17) is 9.47 Å². The van der Waals surface area contributed by atoms with E-state index >= 15 is 0 Å². The van der Waals surface area contributed by atoms with E-state index in [1.807, 2.05) is 44.2 Å². The van der Waals surface area contributed by atoms with Crippen LogP contribution in [0.3, 0.4) is 0 Å². The third-order valence-corrected chi connectivity index (χ3v) is 3.13. The molecular weight excluding hydrogens is 240 g/mol. The minimum absolute atomic E-state index is 0.331. The van der Waals surface area contributed by atoms with E-state index in [1.54, 1.807) is 6.92 Å². The molecule has 1 heterocycles. The van der Waals surface area contributed by atoms with E-state index < -0.39 is 5.60 Å². The van der Waals surface area contributed by atoms with E-state index in [0.29, 0.717) is 23.5 Å². The summed E-state index contributed by atoms with van der Waals surface area (Å²) < 4.78 is 11.0. The lowest BCUT2D eigenvalue weighted by Gasteiger charge is -2.21. The molecule has 2 rings (SSSR count). The monoisotopic (exact) mass is 258 g/mol. The Balaban J connectivity index is 2.51. The first-order valence-electron chi connectivity index (χ1n) is 6.33. The maximum atomic E-state index is 12.1. The molecule has 19 heavy (non-hydrogen) atoms. The van der Waals surface area contributed by atoms with Crippen molar-refractivity contribution in [2.75, 3.05) is 6.61 Å². The summed E-state index contributed by atoms with van der Waals surface area (Å²) in [5.74, 6) is 0.172. The topological polar surface area (TPSA) is 35.5 Å². The zero-order chi connectivity index (χ0) is 14.0. The van der Waals surface area contributed by atoms with Gasteiger partial charge in [0.25, 0.3) is 0 Å². The average Bonchev–Trinajstić information content (AvgIpc) is 2.62. The standard InChI is InChI=1S/C16H18O3/c1-5-18-15(17)13-11(2)16(3,4)19-14(13)12-9-7-6-8-10-12/h6-10H,2,5H2,1,3-4H3. The summed E-state index contributed by atoms with van der Waals surface area (Å²) in [4.78, 5) is 12.1. The van der Waals surface area contributed by atoms with Crippen LogP contribution >= 0.6 is 0 Å². The quantitative estimate of drug-likeness (QED) is 0.780. The highest BCUT2D eigenvalue weighted by Gasteiger charge is 2.40. The van der Waals surface area contributed by atoms with Gasteiger partial charge in [0.05, 0.1) is 6.61 Å². The van der Waals surface area contributed by atoms with Crippen LogP contribution < -0.4 is 0 Å². The summed E-state index contributed by atoms with van der Waals surface area (Å²) in [6, 6.07) is 9.54. The molecule has 0 bridgehead atoms. The zero-order valence-electron chi connectivity index (χ0n) is 11.5. The molecule has 0 aliphatic carbocycles. The van der Waals surface area contributed by atoms with Gasteiger partial charge >= 0.3 is 5.97 Å². The molecule has 0 fully saturated rings. The minimum Gasteiger partial charge on any atom is -0.482 e. The van der Waals surface area contributed by atoms with Crippen molar-refractivity contribution in [1.29, 1.82) is 0 Å². The molecule has 1 aromatic carbocycles. The maximum Gasteiger partial charge on any atom is 0.342 e. The number of carbonyl (C=O) groups is 1. The highest BCUT2D eigenvalue weighted by molar-refractivity contribution is 6.02. The summed E-state index contributed by atoms with van der Waals surface area (Å²) >= 11 is 0. The molecular formula is C16H18O3. The van der Waals surface area contributed by atoms with Crippen molar-refractivity contribution >= 4 is 11.7 Å². The van der Waals surface area contributed by atoms with Crippen LogP contribution in [0, 0.1) is 0 Å². The van der Waals surface area contributed by atoms with Crippen molar-refractivity contribution in [2.24, 2.45) is 0 Å². The van der Waals surface area contributed by atoms with E-state index in [9.17, 15) is 4.79 Å². The normalized spacial score (nSPS) is 17.3. The highest BCUT2D eigenvalue weighted by Crippen LogP contribution is 2.42. The van der Waals surface area contributed by atoms with Crippen LogP contribution in [0.5, 0.6) is 0 Å². The Morgan fingerprint density at radius 1 is 1.32 bits per heavy atom. The van der Waals surface area contributed by atoms with Crippen molar-refractivity contribution in [3.63, 3.8) is 0 Å². The Morgan fingerprint density at radius 2 is 1.95 bits per heavy atom. The van der Waals surface area contributed by atoms with Crippen molar-refractivity contribution in [3.8, 4) is 0 Å². The second-order valence-electron chi connectivity index (χ2n) is 4.88. The van der Waals surface area contributed by atoms with Crippen molar-refractivity contribution in [1.82, 2.24) is 0 Å². The molecule has 0 unspecified atom stereocenters. The average molecular weight is 258 g/mol. The fraction of sp³-hybridized carbons (Fsp3) is 0.312. The first kappa shape index (κ1) is 13.4. The molecule has 0 spiro atoms. The Morgan fingerprint density at radius 3 is 2.53 bits per heavy atom. The van der Waals surface area contributed by atoms with Crippen LogP contribution in [-0.2, 0) is 14.3 Å². The molecule has 1 aromatic rings. The van der Waals surface area contributed by atoms with Gasteiger partial charge in [0.15, 0.2) is 0 Å². The fourth-order valence-electron chi connectivity index (χ4n) is 2.02. The molecule has 0 amide bonds. The number of hydrogen-bond acceptors (Lipinski definition) is 3. The van der Waals surface area contributed by atoms with Gasteiger partial charge in [-0.15, -0.1) is 0 Å². The SMILES string of the molecule is C=C1C(C(=O)OCC)=C(c2ccccc2)OC1(C)C. The largest absolute Gasteiger partial charge is 0.482 e. The van der Waals surface area contributed by atoms with Gasteiger partial charge in [-0.2, -0.15) is 0 Å². The van der Waals surface area contributed by atoms with Gasteiger partial charge in [0, 0.05) is 11.1 Å². The lowest BCUT2D eigenvalue weighted by Crippen LogP contribution is -2.22. The molecule has 0 N–H and O–H groups in total. The van der Waals surface area contributed by atoms with Crippen molar-refractivity contribution < 1.29 is 14.3 Å². The van der Waals surface area contributed by atoms with Gasteiger partial charge in [-0.1, -0.05) is 36.9 Å². The van der Waals surface area contributed by atoms with Crippen molar-refractivity contribution in [2.45, 2.75) is 26.4 Å². The highest BCUT2D eigenvalue weighted by atomic mass is 16.5. The van der Waals surface area contributed by atoms with E-state index in [2.05, 4.69) is 6.58 Å². The van der Waals surface area contributed by atoms with Crippen LogP contribution in [0.2, 0.25) is 0 Å². The fourth-order valence-corrected chi connectivity index (χ4v) is 2.02. The zero-order valence-corrected chi connectivity index (χ0v) is 11.5. The van der Waals surface area contributed by atoms with Gasteiger partial charge in [-0.3, -0.25) is 0 Å². The molecule has 0 saturated heterocycles. The molecule has 1 aliphatic rings. The third-order valence-electron chi connectivity index (χ3n) is 3.13. The number of carbonyl (C=O) groups excluding carboxylic acids is 1. The van der Waals surface area contributed by atoms with E-state index in [1.165, 1.54) is 0 Å². The summed E-state index contributed by atoms with van der Waals surface area (Å²) in [5, 5.41) is 0. The number of esters is 1. The van der Waals surface area contributed by atoms with Gasteiger partial charge in [0.2, 0.25) is 0 Å². The Hall–Kier alpha value is -2.03. The molecule has 3 heteroatoms. The van der Waals surface area contributed by atoms with Gasteiger partial charge in [-0.05, 0) is 20.8 Å². The van der Waals surface area contributed by atoms with Crippen LogP contribution in [0.4, 0.5) is 0 Å². The second-order valence-corrected chi connectivity index (χ2v) is 4.88. The Labute approximate surface area is 113 Å². The molecule has 0 radical (unpaired) electrons. The predicted molar refractivity (Wildman–Crippen MR) is 74.3 cm³/mol. The van der Waals surface area contributed by atoms with Crippen molar-refractivity contribution in [3.05, 3.63) is 53.6 Å². The molecule has 100 valence electrons. The van der Waals surface area contributed by atoms with Crippen LogP contribution in [-0.4, -0.2) is 18.2 Å². The lowest BCUT2D eigenvalue weighted by atomic mass is 9.94.